The molecule has 0 amide bonds. The molecule has 2 aromatic carbocycles. The van der Waals surface area contributed by atoms with E-state index in [-0.39, 0.29) is 16.3 Å². The van der Waals surface area contributed by atoms with Gasteiger partial charge in [0.1, 0.15) is 17.1 Å². The zero-order valence-electron chi connectivity index (χ0n) is 9.32. The minimum atomic E-state index is -1.26. The molecular formula is C13H7BrClFO3. The first kappa shape index (κ1) is 13.8. The van der Waals surface area contributed by atoms with E-state index in [1.807, 2.05) is 0 Å². The molecule has 0 fully saturated rings. The van der Waals surface area contributed by atoms with Gasteiger partial charge in [0.15, 0.2) is 0 Å². The van der Waals surface area contributed by atoms with E-state index in [1.165, 1.54) is 24.3 Å². The van der Waals surface area contributed by atoms with Crippen molar-refractivity contribution >= 4 is 33.5 Å². The van der Waals surface area contributed by atoms with E-state index in [2.05, 4.69) is 15.9 Å². The van der Waals surface area contributed by atoms with Crippen LogP contribution in [0.5, 0.6) is 5.75 Å². The quantitative estimate of drug-likeness (QED) is 0.852. The van der Waals surface area contributed by atoms with Crippen LogP contribution in [0, 0.1) is 5.82 Å². The van der Waals surface area contributed by atoms with Gasteiger partial charge in [0.25, 0.3) is 0 Å². The summed E-state index contributed by atoms with van der Waals surface area (Å²) < 4.78 is 13.5. The van der Waals surface area contributed by atoms with Gasteiger partial charge in [-0.25, -0.2) is 9.18 Å². The van der Waals surface area contributed by atoms with E-state index in [4.69, 9.17) is 16.7 Å². The van der Waals surface area contributed by atoms with Crippen molar-refractivity contribution in [1.82, 2.24) is 0 Å². The van der Waals surface area contributed by atoms with E-state index in [0.717, 1.165) is 6.07 Å². The van der Waals surface area contributed by atoms with Gasteiger partial charge in [-0.15, -0.1) is 0 Å². The molecule has 0 bridgehead atoms. The number of hydrogen-bond acceptors (Lipinski definition) is 2. The number of hydrogen-bond donors (Lipinski definition) is 2. The van der Waals surface area contributed by atoms with Crippen molar-refractivity contribution < 1.29 is 19.4 Å². The summed E-state index contributed by atoms with van der Waals surface area (Å²) in [7, 11) is 0. The second kappa shape index (κ2) is 5.19. The zero-order chi connectivity index (χ0) is 14.2. The maximum atomic E-state index is 13.0. The lowest BCUT2D eigenvalue weighted by Gasteiger charge is -2.10. The average molecular weight is 346 g/mol. The highest BCUT2D eigenvalue weighted by Crippen LogP contribution is 2.37. The Bertz CT molecular complexity index is 673. The lowest BCUT2D eigenvalue weighted by Crippen LogP contribution is -1.98. The summed E-state index contributed by atoms with van der Waals surface area (Å²) in [5.74, 6) is -2.10. The zero-order valence-corrected chi connectivity index (χ0v) is 11.7. The molecule has 0 saturated carbocycles. The fourth-order valence-corrected chi connectivity index (χ4v) is 2.46. The van der Waals surface area contributed by atoms with Crippen LogP contribution >= 0.6 is 27.5 Å². The minimum absolute atomic E-state index is 0.155. The molecule has 0 aliphatic rings. The smallest absolute Gasteiger partial charge is 0.339 e. The standard InChI is InChI=1S/C13H7BrClFO3/c14-10-5-12(17)9(13(18)19)4-8(10)7-2-1-6(16)3-11(7)15/h1-5,17H,(H,18,19). The van der Waals surface area contributed by atoms with Crippen molar-refractivity contribution in [2.75, 3.05) is 0 Å². The van der Waals surface area contributed by atoms with Gasteiger partial charge in [0.2, 0.25) is 0 Å². The summed E-state index contributed by atoms with van der Waals surface area (Å²) in [4.78, 5) is 11.0. The number of aromatic carboxylic acids is 1. The Labute approximate surface area is 121 Å². The Morgan fingerprint density at radius 3 is 2.47 bits per heavy atom. The molecule has 19 heavy (non-hydrogen) atoms. The third kappa shape index (κ3) is 2.72. The lowest BCUT2D eigenvalue weighted by molar-refractivity contribution is 0.0694. The number of rotatable bonds is 2. The molecule has 0 heterocycles. The first-order chi connectivity index (χ1) is 8.90. The number of phenols is 1. The van der Waals surface area contributed by atoms with Gasteiger partial charge in [-0.2, -0.15) is 0 Å². The minimum Gasteiger partial charge on any atom is -0.507 e. The summed E-state index contributed by atoms with van der Waals surface area (Å²) >= 11 is 9.15. The van der Waals surface area contributed by atoms with Gasteiger partial charge < -0.3 is 10.2 Å². The molecule has 98 valence electrons. The van der Waals surface area contributed by atoms with Crippen LogP contribution in [-0.4, -0.2) is 16.2 Å². The molecule has 0 spiro atoms. The maximum absolute atomic E-state index is 13.0. The van der Waals surface area contributed by atoms with Crippen LogP contribution < -0.4 is 0 Å². The van der Waals surface area contributed by atoms with Crippen molar-refractivity contribution in [1.29, 1.82) is 0 Å². The van der Waals surface area contributed by atoms with Crippen LogP contribution in [-0.2, 0) is 0 Å². The van der Waals surface area contributed by atoms with Gasteiger partial charge in [-0.1, -0.05) is 27.5 Å². The van der Waals surface area contributed by atoms with Crippen LogP contribution in [0.15, 0.2) is 34.8 Å². The van der Waals surface area contributed by atoms with Gasteiger partial charge in [0.05, 0.1) is 5.02 Å². The molecule has 3 nitrogen and oxygen atoms in total. The van der Waals surface area contributed by atoms with Gasteiger partial charge >= 0.3 is 5.97 Å². The predicted molar refractivity (Wildman–Crippen MR) is 73.2 cm³/mol. The molecule has 2 rings (SSSR count). The first-order valence-electron chi connectivity index (χ1n) is 5.11. The van der Waals surface area contributed by atoms with Crippen LogP contribution in [0.4, 0.5) is 4.39 Å². The van der Waals surface area contributed by atoms with E-state index >= 15 is 0 Å². The van der Waals surface area contributed by atoms with Gasteiger partial charge in [-0.05, 0) is 35.9 Å². The molecule has 2 aromatic rings. The van der Waals surface area contributed by atoms with Crippen molar-refractivity contribution in [2.24, 2.45) is 0 Å². The van der Waals surface area contributed by atoms with Crippen LogP contribution in [0.3, 0.4) is 0 Å². The molecule has 2 N–H and O–H groups in total. The van der Waals surface area contributed by atoms with E-state index in [9.17, 15) is 14.3 Å². The summed E-state index contributed by atoms with van der Waals surface area (Å²) in [6.45, 7) is 0. The molecule has 0 saturated heterocycles. The monoisotopic (exact) mass is 344 g/mol. The molecule has 0 aromatic heterocycles. The maximum Gasteiger partial charge on any atom is 0.339 e. The number of benzene rings is 2. The fraction of sp³-hybridized carbons (Fsp3) is 0. The summed E-state index contributed by atoms with van der Waals surface area (Å²) in [5, 5.41) is 18.7. The molecule has 0 aliphatic heterocycles. The second-order valence-electron chi connectivity index (χ2n) is 3.78. The van der Waals surface area contributed by atoms with Gasteiger partial charge in [-0.3, -0.25) is 0 Å². The van der Waals surface area contributed by atoms with Gasteiger partial charge in [0, 0.05) is 10.0 Å². The molecule has 0 atom stereocenters. The predicted octanol–water partition coefficient (Wildman–Crippen LogP) is 4.31. The average Bonchev–Trinajstić information content (AvgIpc) is 2.30. The third-order valence-electron chi connectivity index (χ3n) is 2.54. The lowest BCUT2D eigenvalue weighted by atomic mass is 10.0. The first-order valence-corrected chi connectivity index (χ1v) is 6.28. The van der Waals surface area contributed by atoms with E-state index < -0.39 is 11.8 Å². The number of aromatic hydroxyl groups is 1. The Hall–Kier alpha value is -1.59. The molecule has 0 aliphatic carbocycles. The topological polar surface area (TPSA) is 57.5 Å². The Balaban J connectivity index is 2.68. The molecule has 0 radical (unpaired) electrons. The summed E-state index contributed by atoms with van der Waals surface area (Å²) in [6.07, 6.45) is 0. The van der Waals surface area contributed by atoms with Crippen LogP contribution in [0.1, 0.15) is 10.4 Å². The van der Waals surface area contributed by atoms with Crippen molar-refractivity contribution in [3.8, 4) is 16.9 Å². The van der Waals surface area contributed by atoms with E-state index in [0.29, 0.717) is 15.6 Å². The highest BCUT2D eigenvalue weighted by Gasteiger charge is 2.16. The molecule has 0 unspecified atom stereocenters. The van der Waals surface area contributed by atoms with Crippen LogP contribution in [0.2, 0.25) is 5.02 Å². The Morgan fingerprint density at radius 2 is 1.89 bits per heavy atom. The number of halogens is 3. The summed E-state index contributed by atoms with van der Waals surface area (Å²) in [5.41, 5.74) is 0.677. The highest BCUT2D eigenvalue weighted by molar-refractivity contribution is 9.10. The van der Waals surface area contributed by atoms with Crippen molar-refractivity contribution in [3.05, 3.63) is 51.2 Å². The summed E-state index contributed by atoms with van der Waals surface area (Å²) in [6, 6.07) is 6.34. The molecular weight excluding hydrogens is 338 g/mol. The fourth-order valence-electron chi connectivity index (χ4n) is 1.65. The van der Waals surface area contributed by atoms with Crippen molar-refractivity contribution in [2.45, 2.75) is 0 Å². The van der Waals surface area contributed by atoms with Crippen LogP contribution in [0.25, 0.3) is 11.1 Å². The Kier molecular flexibility index (Phi) is 3.78. The van der Waals surface area contributed by atoms with Crippen molar-refractivity contribution in [3.63, 3.8) is 0 Å². The van der Waals surface area contributed by atoms with E-state index in [1.54, 1.807) is 0 Å². The second-order valence-corrected chi connectivity index (χ2v) is 5.04. The highest BCUT2D eigenvalue weighted by atomic mass is 79.9. The Morgan fingerprint density at radius 1 is 1.21 bits per heavy atom. The number of carboxylic acid groups (broad SMARTS) is 1. The number of carboxylic acids is 1. The largest absolute Gasteiger partial charge is 0.507 e. The third-order valence-corrected chi connectivity index (χ3v) is 3.51. The molecule has 6 heteroatoms. The normalized spacial score (nSPS) is 10.5. The number of carbonyl (C=O) groups is 1. The SMILES string of the molecule is O=C(O)c1cc(-c2ccc(F)cc2Cl)c(Br)cc1O.